The van der Waals surface area contributed by atoms with Crippen molar-refractivity contribution in [2.24, 2.45) is 5.10 Å². The number of benzene rings is 1. The van der Waals surface area contributed by atoms with Gasteiger partial charge < -0.3 is 4.98 Å². The number of nitrogens with zero attached hydrogens (tertiary/aromatic N) is 2. The van der Waals surface area contributed by atoms with E-state index in [0.29, 0.717) is 4.34 Å². The van der Waals surface area contributed by atoms with Crippen LogP contribution in [0.2, 0.25) is 4.34 Å². The van der Waals surface area contributed by atoms with E-state index >= 15 is 0 Å². The quantitative estimate of drug-likeness (QED) is 0.374. The summed E-state index contributed by atoms with van der Waals surface area (Å²) < 4.78 is 0.680. The Kier molecular flexibility index (Phi) is 4.09. The number of halogens is 1. The van der Waals surface area contributed by atoms with Gasteiger partial charge in [-0.25, -0.2) is 5.43 Å². The van der Waals surface area contributed by atoms with Crippen molar-refractivity contribution in [2.75, 3.05) is 0 Å². The minimum Gasteiger partial charge on any atom is -0.361 e. The van der Waals surface area contributed by atoms with Crippen molar-refractivity contribution in [2.45, 2.75) is 0 Å². The highest BCUT2D eigenvalue weighted by atomic mass is 35.5. The zero-order valence-corrected chi connectivity index (χ0v) is 14.4. The summed E-state index contributed by atoms with van der Waals surface area (Å²) in [4.78, 5) is 16.2. The standard InChI is InChI=1S/C17H12ClN5OS/c18-16-6-5-15(25-16)13-7-14(22-21-13)17(24)23-20-9-10-8-19-12-4-2-1-3-11(10)12/h1-9,19H,(H,21,22)(H,23,24). The second kappa shape index (κ2) is 6.54. The lowest BCUT2D eigenvalue weighted by molar-refractivity contribution is 0.0950. The first kappa shape index (κ1) is 15.6. The number of aromatic amines is 2. The molecule has 0 aliphatic heterocycles. The van der Waals surface area contributed by atoms with Gasteiger partial charge in [0.25, 0.3) is 5.91 Å². The van der Waals surface area contributed by atoms with E-state index in [2.05, 4.69) is 25.7 Å². The van der Waals surface area contributed by atoms with Crippen molar-refractivity contribution < 1.29 is 4.79 Å². The van der Waals surface area contributed by atoms with E-state index in [-0.39, 0.29) is 11.6 Å². The van der Waals surface area contributed by atoms with Gasteiger partial charge in [0.1, 0.15) is 0 Å². The van der Waals surface area contributed by atoms with Crippen molar-refractivity contribution in [3.05, 3.63) is 64.3 Å². The number of hydrazone groups is 1. The van der Waals surface area contributed by atoms with Crippen molar-refractivity contribution in [1.82, 2.24) is 20.6 Å². The molecule has 0 radical (unpaired) electrons. The fourth-order valence-electron chi connectivity index (χ4n) is 2.44. The number of para-hydroxylation sites is 1. The molecule has 0 bridgehead atoms. The zero-order chi connectivity index (χ0) is 17.2. The molecule has 25 heavy (non-hydrogen) atoms. The van der Waals surface area contributed by atoms with Crippen LogP contribution in [0.1, 0.15) is 16.1 Å². The molecule has 124 valence electrons. The summed E-state index contributed by atoms with van der Waals surface area (Å²) in [6.45, 7) is 0. The van der Waals surface area contributed by atoms with Gasteiger partial charge in [0.15, 0.2) is 5.69 Å². The van der Waals surface area contributed by atoms with Crippen LogP contribution in [0.3, 0.4) is 0 Å². The van der Waals surface area contributed by atoms with Crippen LogP contribution in [0, 0.1) is 0 Å². The van der Waals surface area contributed by atoms with Crippen molar-refractivity contribution >= 4 is 46.0 Å². The van der Waals surface area contributed by atoms with Gasteiger partial charge in [-0.1, -0.05) is 29.8 Å². The van der Waals surface area contributed by atoms with Crippen LogP contribution in [-0.4, -0.2) is 27.3 Å². The molecule has 4 aromatic rings. The van der Waals surface area contributed by atoms with Crippen LogP contribution < -0.4 is 5.43 Å². The second-order valence-corrected chi connectivity index (χ2v) is 6.97. The number of hydrogen-bond donors (Lipinski definition) is 3. The number of hydrogen-bond acceptors (Lipinski definition) is 4. The first-order valence-corrected chi connectivity index (χ1v) is 8.61. The maximum Gasteiger partial charge on any atom is 0.291 e. The molecule has 0 unspecified atom stereocenters. The first-order valence-electron chi connectivity index (χ1n) is 7.41. The summed E-state index contributed by atoms with van der Waals surface area (Å²) in [5.41, 5.74) is 5.39. The molecule has 0 saturated carbocycles. The molecule has 8 heteroatoms. The van der Waals surface area contributed by atoms with E-state index in [1.54, 1.807) is 18.3 Å². The number of H-pyrrole nitrogens is 2. The average Bonchev–Trinajstić information content (AvgIpc) is 3.34. The summed E-state index contributed by atoms with van der Waals surface area (Å²) in [7, 11) is 0. The third-order valence-electron chi connectivity index (χ3n) is 3.64. The van der Waals surface area contributed by atoms with Gasteiger partial charge in [-0.3, -0.25) is 9.89 Å². The van der Waals surface area contributed by atoms with Gasteiger partial charge in [0.05, 0.1) is 21.1 Å². The number of rotatable bonds is 4. The summed E-state index contributed by atoms with van der Waals surface area (Å²) in [6, 6.07) is 13.2. The van der Waals surface area contributed by atoms with Crippen LogP contribution in [-0.2, 0) is 0 Å². The van der Waals surface area contributed by atoms with Gasteiger partial charge in [-0.15, -0.1) is 11.3 Å². The first-order chi connectivity index (χ1) is 12.2. The molecule has 3 N–H and O–H groups in total. The predicted molar refractivity (Wildman–Crippen MR) is 100 cm³/mol. The third-order valence-corrected chi connectivity index (χ3v) is 4.90. The SMILES string of the molecule is O=C(NN=Cc1c[nH]c2ccccc12)c1cc(-c2ccc(Cl)s2)[nH]n1. The summed E-state index contributed by atoms with van der Waals surface area (Å²) >= 11 is 7.33. The van der Waals surface area contributed by atoms with Gasteiger partial charge >= 0.3 is 0 Å². The minimum absolute atomic E-state index is 0.260. The Labute approximate surface area is 151 Å². The number of fused-ring (bicyclic) bond motifs is 1. The molecular weight excluding hydrogens is 358 g/mol. The van der Waals surface area contributed by atoms with Gasteiger partial charge in [-0.05, 0) is 24.3 Å². The van der Waals surface area contributed by atoms with Crippen LogP contribution in [0.15, 0.2) is 53.8 Å². The Morgan fingerprint density at radius 3 is 3.00 bits per heavy atom. The monoisotopic (exact) mass is 369 g/mol. The number of carbonyl (C=O) groups is 1. The molecule has 0 saturated heterocycles. The highest BCUT2D eigenvalue weighted by Crippen LogP contribution is 2.29. The lowest BCUT2D eigenvalue weighted by Gasteiger charge is -1.94. The van der Waals surface area contributed by atoms with E-state index in [4.69, 9.17) is 11.6 Å². The Morgan fingerprint density at radius 1 is 1.28 bits per heavy atom. The predicted octanol–water partition coefficient (Wildman–Crippen LogP) is 4.04. The Morgan fingerprint density at radius 2 is 2.16 bits per heavy atom. The minimum atomic E-state index is -0.388. The van der Waals surface area contributed by atoms with E-state index in [9.17, 15) is 4.79 Å². The van der Waals surface area contributed by atoms with Gasteiger partial charge in [-0.2, -0.15) is 10.2 Å². The highest BCUT2D eigenvalue weighted by Gasteiger charge is 2.12. The maximum absolute atomic E-state index is 12.1. The second-order valence-electron chi connectivity index (χ2n) is 5.26. The highest BCUT2D eigenvalue weighted by molar-refractivity contribution is 7.19. The normalized spacial score (nSPS) is 11.4. The number of nitrogens with one attached hydrogen (secondary N) is 3. The molecule has 3 aromatic heterocycles. The van der Waals surface area contributed by atoms with Crippen LogP contribution in [0.5, 0.6) is 0 Å². The molecule has 4 rings (SSSR count). The topological polar surface area (TPSA) is 85.9 Å². The summed E-state index contributed by atoms with van der Waals surface area (Å²) in [5, 5.41) is 11.9. The Balaban J connectivity index is 1.46. The Hall–Kier alpha value is -2.90. The molecule has 0 atom stereocenters. The van der Waals surface area contributed by atoms with Gasteiger partial charge in [0, 0.05) is 22.7 Å². The zero-order valence-electron chi connectivity index (χ0n) is 12.8. The Bertz CT molecular complexity index is 1080. The molecule has 0 aliphatic rings. The number of thiophene rings is 1. The maximum atomic E-state index is 12.1. The number of carbonyl (C=O) groups excluding carboxylic acids is 1. The van der Waals surface area contributed by atoms with Gasteiger partial charge in [0.2, 0.25) is 0 Å². The average molecular weight is 370 g/mol. The van der Waals surface area contributed by atoms with E-state index < -0.39 is 0 Å². The summed E-state index contributed by atoms with van der Waals surface area (Å²) in [5.74, 6) is -0.388. The fraction of sp³-hybridized carbons (Fsp3) is 0. The van der Waals surface area contributed by atoms with Crippen molar-refractivity contribution in [3.8, 4) is 10.6 Å². The van der Waals surface area contributed by atoms with E-state index in [1.807, 2.05) is 36.5 Å². The lowest BCUT2D eigenvalue weighted by Crippen LogP contribution is -2.17. The largest absolute Gasteiger partial charge is 0.361 e. The van der Waals surface area contributed by atoms with Crippen molar-refractivity contribution in [3.63, 3.8) is 0 Å². The molecular formula is C17H12ClN5OS. The molecule has 0 aliphatic carbocycles. The molecule has 1 aromatic carbocycles. The number of amides is 1. The number of aromatic nitrogens is 3. The molecule has 0 spiro atoms. The van der Waals surface area contributed by atoms with Crippen LogP contribution in [0.4, 0.5) is 0 Å². The fourth-order valence-corrected chi connectivity index (χ4v) is 3.45. The van der Waals surface area contributed by atoms with Crippen LogP contribution in [0.25, 0.3) is 21.5 Å². The third kappa shape index (κ3) is 3.19. The smallest absolute Gasteiger partial charge is 0.291 e. The molecule has 6 nitrogen and oxygen atoms in total. The lowest BCUT2D eigenvalue weighted by atomic mass is 10.2. The van der Waals surface area contributed by atoms with E-state index in [0.717, 1.165) is 27.0 Å². The molecule has 0 fully saturated rings. The van der Waals surface area contributed by atoms with Crippen LogP contribution >= 0.6 is 22.9 Å². The summed E-state index contributed by atoms with van der Waals surface area (Å²) in [6.07, 6.45) is 3.44. The molecule has 1 amide bonds. The van der Waals surface area contributed by atoms with Crippen molar-refractivity contribution in [1.29, 1.82) is 0 Å². The molecule has 3 heterocycles. The van der Waals surface area contributed by atoms with E-state index in [1.165, 1.54) is 11.3 Å².